The number of hydrogen-bond acceptors (Lipinski definition) is 2. The lowest BCUT2D eigenvalue weighted by atomic mass is 9.75. The lowest BCUT2D eigenvalue weighted by Gasteiger charge is -2.29. The number of H-pyrrole nitrogens is 1. The molecule has 2 atom stereocenters. The molecular weight excluding hydrogens is 168 g/mol. The number of rotatable bonds is 1. The molecule has 1 aromatic rings. The van der Waals surface area contributed by atoms with Gasteiger partial charge in [0.1, 0.15) is 0 Å². The zero-order chi connectivity index (χ0) is 9.00. The number of nitrogens with one attached hydrogen (secondary N) is 1. The molecule has 13 heavy (non-hydrogen) atoms. The van der Waals surface area contributed by atoms with E-state index >= 15 is 0 Å². The van der Waals surface area contributed by atoms with E-state index in [1.54, 1.807) is 0 Å². The fourth-order valence-electron chi connectivity index (χ4n) is 2.52. The molecule has 0 aromatic carbocycles. The molecule has 1 aromatic heterocycles. The number of carboxylic acids is 1. The number of aromatic carboxylic acids is 1. The van der Waals surface area contributed by atoms with Crippen LogP contribution in [-0.4, -0.2) is 21.3 Å². The van der Waals surface area contributed by atoms with Crippen LogP contribution in [-0.2, 0) is 6.42 Å². The Morgan fingerprint density at radius 2 is 2.38 bits per heavy atom. The summed E-state index contributed by atoms with van der Waals surface area (Å²) in [5.41, 5.74) is 2.29. The van der Waals surface area contributed by atoms with Crippen molar-refractivity contribution in [3.05, 3.63) is 17.0 Å². The van der Waals surface area contributed by atoms with E-state index in [2.05, 4.69) is 10.2 Å². The van der Waals surface area contributed by atoms with Crippen molar-refractivity contribution < 1.29 is 9.90 Å². The highest BCUT2D eigenvalue weighted by Gasteiger charge is 2.42. The predicted octanol–water partition coefficient (Wildman–Crippen LogP) is 1.16. The molecule has 0 saturated heterocycles. The van der Waals surface area contributed by atoms with Gasteiger partial charge in [-0.05, 0) is 25.2 Å². The number of carbonyl (C=O) groups is 1. The fraction of sp³-hybridized carbons (Fsp3) is 0.556. The SMILES string of the molecule is O=C(O)c1n[nH]c2c1CC1CCC21. The molecule has 0 amide bonds. The van der Waals surface area contributed by atoms with Gasteiger partial charge in [0, 0.05) is 17.2 Å². The van der Waals surface area contributed by atoms with Gasteiger partial charge in [0.25, 0.3) is 0 Å². The van der Waals surface area contributed by atoms with Crippen molar-refractivity contribution in [2.75, 3.05) is 0 Å². The maximum absolute atomic E-state index is 10.8. The Morgan fingerprint density at radius 3 is 3.00 bits per heavy atom. The highest BCUT2D eigenvalue weighted by atomic mass is 16.4. The average Bonchev–Trinajstić information content (AvgIpc) is 2.50. The molecule has 0 radical (unpaired) electrons. The second-order valence-electron chi connectivity index (χ2n) is 3.92. The first kappa shape index (κ1) is 7.12. The number of aromatic nitrogens is 2. The number of carboxylic acid groups (broad SMARTS) is 1. The molecular formula is C9H10N2O2. The maximum Gasteiger partial charge on any atom is 0.356 e. The Hall–Kier alpha value is -1.32. The first-order chi connectivity index (χ1) is 6.27. The highest BCUT2D eigenvalue weighted by molar-refractivity contribution is 5.87. The van der Waals surface area contributed by atoms with E-state index < -0.39 is 5.97 Å². The van der Waals surface area contributed by atoms with Crippen molar-refractivity contribution in [3.63, 3.8) is 0 Å². The van der Waals surface area contributed by atoms with Gasteiger partial charge >= 0.3 is 5.97 Å². The molecule has 0 bridgehead atoms. The molecule has 0 aliphatic heterocycles. The molecule has 1 saturated carbocycles. The summed E-state index contributed by atoms with van der Waals surface area (Å²) < 4.78 is 0. The van der Waals surface area contributed by atoms with Gasteiger partial charge in [0.15, 0.2) is 5.69 Å². The van der Waals surface area contributed by atoms with Crippen molar-refractivity contribution in [1.82, 2.24) is 10.2 Å². The molecule has 4 nitrogen and oxygen atoms in total. The zero-order valence-electron chi connectivity index (χ0n) is 7.08. The van der Waals surface area contributed by atoms with Gasteiger partial charge in [-0.1, -0.05) is 0 Å². The molecule has 68 valence electrons. The number of aromatic amines is 1. The lowest BCUT2D eigenvalue weighted by Crippen LogP contribution is -2.20. The van der Waals surface area contributed by atoms with E-state index in [-0.39, 0.29) is 5.69 Å². The minimum Gasteiger partial charge on any atom is -0.476 e. The van der Waals surface area contributed by atoms with E-state index in [1.165, 1.54) is 12.8 Å². The molecule has 2 N–H and O–H groups in total. The van der Waals surface area contributed by atoms with E-state index in [1.807, 2.05) is 0 Å². The van der Waals surface area contributed by atoms with Crippen molar-refractivity contribution >= 4 is 5.97 Å². The molecule has 2 aliphatic carbocycles. The first-order valence-corrected chi connectivity index (χ1v) is 4.58. The third kappa shape index (κ3) is 0.753. The van der Waals surface area contributed by atoms with Crippen LogP contribution in [0.25, 0.3) is 0 Å². The first-order valence-electron chi connectivity index (χ1n) is 4.58. The van der Waals surface area contributed by atoms with Gasteiger partial charge in [-0.15, -0.1) is 0 Å². The Kier molecular flexibility index (Phi) is 1.17. The molecule has 4 heteroatoms. The second kappa shape index (κ2) is 2.13. The largest absolute Gasteiger partial charge is 0.476 e. The van der Waals surface area contributed by atoms with Gasteiger partial charge < -0.3 is 5.11 Å². The van der Waals surface area contributed by atoms with Crippen LogP contribution in [0, 0.1) is 5.92 Å². The van der Waals surface area contributed by atoms with Crippen LogP contribution in [0.3, 0.4) is 0 Å². The molecule has 1 fully saturated rings. The summed E-state index contributed by atoms with van der Waals surface area (Å²) in [7, 11) is 0. The Bertz CT molecular complexity index is 383. The van der Waals surface area contributed by atoms with E-state index in [0.29, 0.717) is 11.8 Å². The molecule has 3 rings (SSSR count). The van der Waals surface area contributed by atoms with Crippen LogP contribution in [0.1, 0.15) is 40.5 Å². The van der Waals surface area contributed by atoms with Crippen molar-refractivity contribution in [3.8, 4) is 0 Å². The number of hydrogen-bond donors (Lipinski definition) is 2. The summed E-state index contributed by atoms with van der Waals surface area (Å²) in [6.45, 7) is 0. The number of fused-ring (bicyclic) bond motifs is 3. The Balaban J connectivity index is 2.09. The van der Waals surface area contributed by atoms with Crippen molar-refractivity contribution in [2.45, 2.75) is 25.2 Å². The summed E-state index contributed by atoms with van der Waals surface area (Å²) in [6.07, 6.45) is 3.35. The van der Waals surface area contributed by atoms with Gasteiger partial charge in [-0.2, -0.15) is 5.10 Å². The second-order valence-corrected chi connectivity index (χ2v) is 3.92. The van der Waals surface area contributed by atoms with E-state index in [9.17, 15) is 4.79 Å². The molecule has 0 spiro atoms. The van der Waals surface area contributed by atoms with Gasteiger partial charge in [0.2, 0.25) is 0 Å². The molecule has 1 heterocycles. The smallest absolute Gasteiger partial charge is 0.356 e. The quantitative estimate of drug-likeness (QED) is 0.678. The standard InChI is InChI=1S/C9H10N2O2/c12-9(13)8-6-3-4-1-2-5(4)7(6)10-11-8/h4-5H,1-3H2,(H,10,11)(H,12,13). The van der Waals surface area contributed by atoms with Crippen LogP contribution in [0.5, 0.6) is 0 Å². The summed E-state index contributed by atoms with van der Waals surface area (Å²) in [5.74, 6) is 0.372. The van der Waals surface area contributed by atoms with Crippen LogP contribution in [0.2, 0.25) is 0 Å². The minimum absolute atomic E-state index is 0.240. The summed E-state index contributed by atoms with van der Waals surface area (Å²) in [5, 5.41) is 15.5. The fourth-order valence-corrected chi connectivity index (χ4v) is 2.52. The zero-order valence-corrected chi connectivity index (χ0v) is 7.08. The lowest BCUT2D eigenvalue weighted by molar-refractivity contribution is 0.0689. The van der Waals surface area contributed by atoms with Crippen molar-refractivity contribution in [2.24, 2.45) is 5.92 Å². The third-order valence-electron chi connectivity index (χ3n) is 3.36. The van der Waals surface area contributed by atoms with E-state index in [4.69, 9.17) is 5.11 Å². The highest BCUT2D eigenvalue weighted by Crippen LogP contribution is 2.50. The van der Waals surface area contributed by atoms with Gasteiger partial charge in [-0.3, -0.25) is 5.10 Å². The molecule has 2 unspecified atom stereocenters. The van der Waals surface area contributed by atoms with Crippen LogP contribution < -0.4 is 0 Å². The van der Waals surface area contributed by atoms with Crippen molar-refractivity contribution in [1.29, 1.82) is 0 Å². The monoisotopic (exact) mass is 178 g/mol. The Labute approximate surface area is 75.0 Å². The van der Waals surface area contributed by atoms with Gasteiger partial charge in [0.05, 0.1) is 0 Å². The topological polar surface area (TPSA) is 66.0 Å². The van der Waals surface area contributed by atoms with Crippen LogP contribution in [0.4, 0.5) is 0 Å². The molecule has 2 aliphatic rings. The minimum atomic E-state index is -0.904. The maximum atomic E-state index is 10.8. The van der Waals surface area contributed by atoms with Gasteiger partial charge in [-0.25, -0.2) is 4.79 Å². The normalized spacial score (nSPS) is 29.2. The third-order valence-corrected chi connectivity index (χ3v) is 3.36. The number of nitrogens with zero attached hydrogens (tertiary/aromatic N) is 1. The average molecular weight is 178 g/mol. The Morgan fingerprint density at radius 1 is 1.54 bits per heavy atom. The van der Waals surface area contributed by atoms with Crippen LogP contribution in [0.15, 0.2) is 0 Å². The van der Waals surface area contributed by atoms with E-state index in [0.717, 1.165) is 17.7 Å². The summed E-state index contributed by atoms with van der Waals surface area (Å²) in [4.78, 5) is 10.8. The summed E-state index contributed by atoms with van der Waals surface area (Å²) >= 11 is 0. The predicted molar refractivity (Wildman–Crippen MR) is 44.7 cm³/mol. The van der Waals surface area contributed by atoms with Crippen LogP contribution >= 0.6 is 0 Å². The summed E-state index contributed by atoms with van der Waals surface area (Å²) in [6, 6.07) is 0.